The zero-order valence-electron chi connectivity index (χ0n) is 19.3. The second kappa shape index (κ2) is 12.4. The summed E-state index contributed by atoms with van der Waals surface area (Å²) >= 11 is 3.05. The van der Waals surface area contributed by atoms with Crippen molar-refractivity contribution in [2.24, 2.45) is 0 Å². The van der Waals surface area contributed by atoms with Gasteiger partial charge in [-0.3, -0.25) is 0 Å². The number of nitrogens with zero attached hydrogens (tertiary/aromatic N) is 4. The molecule has 0 amide bonds. The lowest BCUT2D eigenvalue weighted by Gasteiger charge is -2.09. The fraction of sp³-hybridized carbons (Fsp3) is 0.154. The van der Waals surface area contributed by atoms with Crippen molar-refractivity contribution in [2.45, 2.75) is 9.50 Å². The van der Waals surface area contributed by atoms with E-state index in [0.717, 1.165) is 52.4 Å². The largest absolute Gasteiger partial charge is 0.377 e. The van der Waals surface area contributed by atoms with Gasteiger partial charge in [0.15, 0.2) is 4.34 Å². The van der Waals surface area contributed by atoms with Gasteiger partial charge in [0, 0.05) is 11.4 Å². The van der Waals surface area contributed by atoms with Gasteiger partial charge in [0.25, 0.3) is 0 Å². The number of thiazole rings is 1. The van der Waals surface area contributed by atoms with Crippen molar-refractivity contribution in [3.8, 4) is 0 Å². The van der Waals surface area contributed by atoms with Gasteiger partial charge >= 0.3 is 0 Å². The van der Waals surface area contributed by atoms with Gasteiger partial charge in [-0.1, -0.05) is 48.5 Å². The maximum atomic E-state index is 4.94. The van der Waals surface area contributed by atoms with Crippen LogP contribution in [-0.2, 0) is 9.47 Å². The number of nitrogens with one attached hydrogen (secondary N) is 2. The van der Waals surface area contributed by atoms with Crippen LogP contribution in [0.1, 0.15) is 0 Å². The average molecular weight is 517 g/mol. The van der Waals surface area contributed by atoms with Crippen LogP contribution in [0.25, 0.3) is 10.2 Å². The van der Waals surface area contributed by atoms with Crippen molar-refractivity contribution in [3.63, 3.8) is 0 Å². The summed E-state index contributed by atoms with van der Waals surface area (Å²) in [6, 6.07) is 27.7. The molecule has 2 aromatic heterocycles. The molecule has 1 aliphatic rings. The normalized spacial score (nSPS) is 13.0. The van der Waals surface area contributed by atoms with E-state index in [-0.39, 0.29) is 0 Å². The first kappa shape index (κ1) is 24.1. The molecule has 3 heterocycles. The number of aromatic nitrogens is 4. The molecular formula is C26H24N6O2S2. The molecule has 5 aromatic rings. The van der Waals surface area contributed by atoms with Crippen molar-refractivity contribution in [1.82, 2.24) is 19.9 Å². The summed E-state index contributed by atoms with van der Waals surface area (Å²) in [5, 5.41) is 7.07. The van der Waals surface area contributed by atoms with Gasteiger partial charge in [-0.15, -0.1) is 11.3 Å². The Morgan fingerprint density at radius 2 is 1.14 bits per heavy atom. The molecule has 8 nitrogen and oxygen atoms in total. The number of fused-ring (bicyclic) bond motifs is 1. The van der Waals surface area contributed by atoms with Crippen molar-refractivity contribution in [3.05, 3.63) is 84.9 Å². The topological polar surface area (TPSA) is 94.1 Å². The molecule has 1 fully saturated rings. The van der Waals surface area contributed by atoms with Crippen LogP contribution in [0.15, 0.2) is 94.4 Å². The minimum absolute atomic E-state index is 0.471. The molecule has 3 aromatic carbocycles. The lowest BCUT2D eigenvalue weighted by atomic mass is 10.3. The number of benzene rings is 3. The molecule has 0 aliphatic carbocycles. The van der Waals surface area contributed by atoms with E-state index in [9.17, 15) is 0 Å². The zero-order valence-corrected chi connectivity index (χ0v) is 21.0. The molecule has 182 valence electrons. The summed E-state index contributed by atoms with van der Waals surface area (Å²) in [5.41, 5.74) is 2.79. The van der Waals surface area contributed by atoms with E-state index in [0.29, 0.717) is 17.1 Å². The maximum Gasteiger partial charge on any atom is 0.233 e. The third kappa shape index (κ3) is 6.98. The van der Waals surface area contributed by atoms with E-state index in [4.69, 9.17) is 9.47 Å². The van der Waals surface area contributed by atoms with E-state index in [1.807, 2.05) is 78.9 Å². The van der Waals surface area contributed by atoms with Gasteiger partial charge in [-0.25, -0.2) is 4.98 Å². The van der Waals surface area contributed by atoms with Crippen molar-refractivity contribution < 1.29 is 9.47 Å². The minimum atomic E-state index is 0.471. The third-order valence-electron chi connectivity index (χ3n) is 4.87. The molecule has 6 rings (SSSR count). The zero-order chi connectivity index (χ0) is 24.4. The number of anilines is 4. The molecule has 1 aliphatic heterocycles. The fourth-order valence-electron chi connectivity index (χ4n) is 3.23. The van der Waals surface area contributed by atoms with Gasteiger partial charge in [0.2, 0.25) is 17.1 Å². The lowest BCUT2D eigenvalue weighted by molar-refractivity contribution is -0.0334. The fourth-order valence-corrected chi connectivity index (χ4v) is 5.15. The Balaban J connectivity index is 0.000000391. The molecule has 36 heavy (non-hydrogen) atoms. The van der Waals surface area contributed by atoms with Gasteiger partial charge in [0.05, 0.1) is 36.6 Å². The summed E-state index contributed by atoms with van der Waals surface area (Å²) in [5.74, 6) is 0.941. The van der Waals surface area contributed by atoms with Gasteiger partial charge in [-0.05, 0) is 48.2 Å². The van der Waals surface area contributed by atoms with E-state index < -0.39 is 0 Å². The molecule has 1 saturated heterocycles. The van der Waals surface area contributed by atoms with Crippen molar-refractivity contribution >= 4 is 56.6 Å². The van der Waals surface area contributed by atoms with Crippen molar-refractivity contribution in [2.75, 3.05) is 37.1 Å². The highest BCUT2D eigenvalue weighted by Crippen LogP contribution is 2.33. The number of hydrogen-bond donors (Lipinski definition) is 2. The highest BCUT2D eigenvalue weighted by molar-refractivity contribution is 8.01. The van der Waals surface area contributed by atoms with Crippen LogP contribution >= 0.6 is 23.1 Å². The van der Waals surface area contributed by atoms with Crippen LogP contribution in [0.3, 0.4) is 0 Å². The molecule has 0 spiro atoms. The third-order valence-corrected chi connectivity index (χ3v) is 6.83. The van der Waals surface area contributed by atoms with Crippen LogP contribution < -0.4 is 10.6 Å². The predicted molar refractivity (Wildman–Crippen MR) is 145 cm³/mol. The summed E-state index contributed by atoms with van der Waals surface area (Å²) < 4.78 is 11.9. The highest BCUT2D eigenvalue weighted by Gasteiger charge is 2.12. The Morgan fingerprint density at radius 1 is 0.611 bits per heavy atom. The standard InChI is InChI=1S/C22H16N6S2.C4H8O2/c1-3-9-15(10-4-1)23-19-26-20(24-16-11-5-2-6-12-16)28-21(27-19)30-22-25-17-13-7-8-14-18(17)29-22;1-2-6-4-3-5-1/h1-14H,(H2,23,24,26,27,28);1-4H2. The second-order valence-corrected chi connectivity index (χ2v) is 9.77. The maximum absolute atomic E-state index is 4.94. The summed E-state index contributed by atoms with van der Waals surface area (Å²) in [6.07, 6.45) is 0. The average Bonchev–Trinajstić information content (AvgIpc) is 3.33. The molecule has 10 heteroatoms. The molecule has 0 bridgehead atoms. The number of rotatable bonds is 6. The monoisotopic (exact) mass is 516 g/mol. The molecule has 2 N–H and O–H groups in total. The number of para-hydroxylation sites is 3. The molecule has 0 saturated carbocycles. The Morgan fingerprint density at radius 3 is 1.67 bits per heavy atom. The molecule has 0 atom stereocenters. The Hall–Kier alpha value is -3.57. The number of hydrogen-bond acceptors (Lipinski definition) is 10. The smallest absolute Gasteiger partial charge is 0.233 e. The summed E-state index contributed by atoms with van der Waals surface area (Å²) in [4.78, 5) is 18.4. The molecular weight excluding hydrogens is 492 g/mol. The summed E-state index contributed by atoms with van der Waals surface area (Å²) in [7, 11) is 0. The minimum Gasteiger partial charge on any atom is -0.377 e. The van der Waals surface area contributed by atoms with Crippen LogP contribution in [-0.4, -0.2) is 46.4 Å². The van der Waals surface area contributed by atoms with Gasteiger partial charge in [-0.2, -0.15) is 15.0 Å². The van der Waals surface area contributed by atoms with Crippen LogP contribution in [0.5, 0.6) is 0 Å². The quantitative estimate of drug-likeness (QED) is 0.275. The molecule has 0 radical (unpaired) electrons. The van der Waals surface area contributed by atoms with Crippen LogP contribution in [0.4, 0.5) is 23.3 Å². The van der Waals surface area contributed by atoms with Gasteiger partial charge < -0.3 is 20.1 Å². The number of ether oxygens (including phenoxy) is 2. The Kier molecular flexibility index (Phi) is 8.32. The lowest BCUT2D eigenvalue weighted by Crippen LogP contribution is -2.16. The van der Waals surface area contributed by atoms with Crippen LogP contribution in [0.2, 0.25) is 0 Å². The second-order valence-electron chi connectivity index (χ2n) is 7.52. The first-order chi connectivity index (χ1) is 17.8. The van der Waals surface area contributed by atoms with Gasteiger partial charge in [0.1, 0.15) is 0 Å². The first-order valence-corrected chi connectivity index (χ1v) is 13.0. The predicted octanol–water partition coefficient (Wildman–Crippen LogP) is 6.15. The Labute approximate surface area is 217 Å². The SMILES string of the molecule is C1COCCO1.c1ccc(Nc2nc(Nc3ccccc3)nc(Sc3nc4ccccc4s3)n2)cc1. The molecule has 0 unspecified atom stereocenters. The highest BCUT2D eigenvalue weighted by atomic mass is 32.2. The van der Waals surface area contributed by atoms with E-state index in [1.165, 1.54) is 11.8 Å². The van der Waals surface area contributed by atoms with E-state index >= 15 is 0 Å². The van der Waals surface area contributed by atoms with E-state index in [2.05, 4.69) is 36.6 Å². The van der Waals surface area contributed by atoms with E-state index in [1.54, 1.807) is 11.3 Å². The Bertz CT molecular complexity index is 1280. The first-order valence-electron chi connectivity index (χ1n) is 11.4. The van der Waals surface area contributed by atoms with Crippen molar-refractivity contribution in [1.29, 1.82) is 0 Å². The summed E-state index contributed by atoms with van der Waals surface area (Å²) in [6.45, 7) is 3.11. The van der Waals surface area contributed by atoms with Crippen LogP contribution in [0, 0.1) is 0 Å².